The highest BCUT2D eigenvalue weighted by atomic mass is 16.6. The minimum Gasteiger partial charge on any atom is -0.444 e. The standard InChI is InChI=1S/C19H25N3O3/c1-13-5-7-15(8-6-13)17-20-16(21-25-17)14-9-11-22(12-10-14)18(23)24-19(2,3)4/h5-8,14H,9-12H2,1-4H3. The van der Waals surface area contributed by atoms with Crippen LogP contribution in [0.1, 0.15) is 50.9 Å². The third kappa shape index (κ3) is 4.38. The van der Waals surface area contributed by atoms with E-state index in [0.29, 0.717) is 19.0 Å². The Morgan fingerprint density at radius 3 is 2.44 bits per heavy atom. The molecule has 0 N–H and O–H groups in total. The lowest BCUT2D eigenvalue weighted by molar-refractivity contribution is 0.0203. The highest BCUT2D eigenvalue weighted by Gasteiger charge is 2.29. The maximum absolute atomic E-state index is 12.1. The second kappa shape index (κ2) is 6.86. The summed E-state index contributed by atoms with van der Waals surface area (Å²) in [5, 5.41) is 4.15. The third-order valence-electron chi connectivity index (χ3n) is 4.25. The Balaban J connectivity index is 1.60. The molecule has 6 nitrogen and oxygen atoms in total. The van der Waals surface area contributed by atoms with Crippen LogP contribution < -0.4 is 0 Å². The summed E-state index contributed by atoms with van der Waals surface area (Å²) < 4.78 is 10.8. The van der Waals surface area contributed by atoms with Crippen molar-refractivity contribution < 1.29 is 14.1 Å². The zero-order valence-electron chi connectivity index (χ0n) is 15.3. The van der Waals surface area contributed by atoms with Crippen molar-refractivity contribution in [1.82, 2.24) is 15.0 Å². The zero-order chi connectivity index (χ0) is 18.0. The minimum absolute atomic E-state index is 0.210. The van der Waals surface area contributed by atoms with E-state index < -0.39 is 5.60 Å². The monoisotopic (exact) mass is 343 g/mol. The summed E-state index contributed by atoms with van der Waals surface area (Å²) in [4.78, 5) is 18.4. The van der Waals surface area contributed by atoms with Crippen LogP contribution >= 0.6 is 0 Å². The van der Waals surface area contributed by atoms with E-state index in [-0.39, 0.29) is 12.0 Å². The van der Waals surface area contributed by atoms with Gasteiger partial charge in [0.1, 0.15) is 5.60 Å². The van der Waals surface area contributed by atoms with Gasteiger partial charge in [0.15, 0.2) is 5.82 Å². The molecule has 1 fully saturated rings. The second-order valence-electron chi connectivity index (χ2n) is 7.57. The molecular weight excluding hydrogens is 318 g/mol. The summed E-state index contributed by atoms with van der Waals surface area (Å²) in [6.07, 6.45) is 1.37. The van der Waals surface area contributed by atoms with E-state index in [2.05, 4.69) is 10.1 Å². The molecular formula is C19H25N3O3. The first-order valence-corrected chi connectivity index (χ1v) is 8.70. The molecule has 0 spiro atoms. The highest BCUT2D eigenvalue weighted by molar-refractivity contribution is 5.68. The van der Waals surface area contributed by atoms with Gasteiger partial charge in [-0.2, -0.15) is 4.98 Å². The zero-order valence-corrected chi connectivity index (χ0v) is 15.3. The van der Waals surface area contributed by atoms with Gasteiger partial charge in [-0.3, -0.25) is 0 Å². The molecule has 0 saturated carbocycles. The van der Waals surface area contributed by atoms with Crippen LogP contribution in [-0.4, -0.2) is 39.8 Å². The van der Waals surface area contributed by atoms with E-state index >= 15 is 0 Å². The quantitative estimate of drug-likeness (QED) is 0.819. The lowest BCUT2D eigenvalue weighted by atomic mass is 9.96. The molecule has 2 heterocycles. The Labute approximate surface area is 148 Å². The van der Waals surface area contributed by atoms with Gasteiger partial charge in [-0.05, 0) is 52.7 Å². The van der Waals surface area contributed by atoms with Crippen LogP contribution in [0.5, 0.6) is 0 Å². The fourth-order valence-electron chi connectivity index (χ4n) is 2.86. The maximum Gasteiger partial charge on any atom is 0.410 e. The van der Waals surface area contributed by atoms with Gasteiger partial charge in [0.25, 0.3) is 5.89 Å². The van der Waals surface area contributed by atoms with Crippen LogP contribution in [-0.2, 0) is 4.74 Å². The number of nitrogens with zero attached hydrogens (tertiary/aromatic N) is 3. The van der Waals surface area contributed by atoms with Gasteiger partial charge in [0.2, 0.25) is 0 Å². The molecule has 0 aliphatic carbocycles. The normalized spacial score (nSPS) is 16.1. The number of rotatable bonds is 2. The molecule has 1 aliphatic heterocycles. The molecule has 2 aromatic rings. The Kier molecular flexibility index (Phi) is 4.79. The first-order chi connectivity index (χ1) is 11.8. The first-order valence-electron chi connectivity index (χ1n) is 8.70. The van der Waals surface area contributed by atoms with E-state index in [1.807, 2.05) is 52.0 Å². The van der Waals surface area contributed by atoms with E-state index in [0.717, 1.165) is 24.2 Å². The van der Waals surface area contributed by atoms with Gasteiger partial charge in [0, 0.05) is 24.6 Å². The van der Waals surface area contributed by atoms with Crippen LogP contribution in [0.3, 0.4) is 0 Å². The van der Waals surface area contributed by atoms with Crippen molar-refractivity contribution in [2.45, 2.75) is 52.1 Å². The number of carbonyl (C=O) groups excluding carboxylic acids is 1. The smallest absolute Gasteiger partial charge is 0.410 e. The van der Waals surface area contributed by atoms with Gasteiger partial charge < -0.3 is 14.2 Å². The number of piperidine rings is 1. The molecule has 1 aromatic heterocycles. The molecule has 25 heavy (non-hydrogen) atoms. The average Bonchev–Trinajstić information content (AvgIpc) is 3.04. The number of hydrogen-bond donors (Lipinski definition) is 0. The highest BCUT2D eigenvalue weighted by Crippen LogP contribution is 2.28. The SMILES string of the molecule is Cc1ccc(-c2nc(C3CCN(C(=O)OC(C)(C)C)CC3)no2)cc1. The minimum atomic E-state index is -0.468. The lowest BCUT2D eigenvalue weighted by Gasteiger charge is -2.32. The summed E-state index contributed by atoms with van der Waals surface area (Å²) in [6.45, 7) is 8.97. The molecule has 0 atom stereocenters. The van der Waals surface area contributed by atoms with Crippen molar-refractivity contribution in [3.63, 3.8) is 0 Å². The fraction of sp³-hybridized carbons (Fsp3) is 0.526. The maximum atomic E-state index is 12.1. The van der Waals surface area contributed by atoms with Crippen molar-refractivity contribution in [2.75, 3.05) is 13.1 Å². The summed E-state index contributed by atoms with van der Waals surface area (Å²) in [5.74, 6) is 1.48. The Bertz CT molecular complexity index is 723. The molecule has 134 valence electrons. The van der Waals surface area contributed by atoms with E-state index in [1.54, 1.807) is 4.90 Å². The van der Waals surface area contributed by atoms with Crippen LogP contribution in [0, 0.1) is 6.92 Å². The number of ether oxygens (including phenoxy) is 1. The second-order valence-corrected chi connectivity index (χ2v) is 7.57. The third-order valence-corrected chi connectivity index (χ3v) is 4.25. The van der Waals surface area contributed by atoms with Crippen LogP contribution in [0.15, 0.2) is 28.8 Å². The molecule has 6 heteroatoms. The molecule has 3 rings (SSSR count). The number of benzene rings is 1. The van der Waals surface area contributed by atoms with Crippen LogP contribution in [0.25, 0.3) is 11.5 Å². The number of likely N-dealkylation sites (tertiary alicyclic amines) is 1. The van der Waals surface area contributed by atoms with Crippen molar-refractivity contribution in [2.24, 2.45) is 0 Å². The van der Waals surface area contributed by atoms with Crippen LogP contribution in [0.4, 0.5) is 4.79 Å². The van der Waals surface area contributed by atoms with Gasteiger partial charge in [-0.1, -0.05) is 22.9 Å². The van der Waals surface area contributed by atoms with Gasteiger partial charge in [0.05, 0.1) is 0 Å². The molecule has 0 unspecified atom stereocenters. The molecule has 1 saturated heterocycles. The number of aromatic nitrogens is 2. The summed E-state index contributed by atoms with van der Waals surface area (Å²) in [6, 6.07) is 8.02. The fourth-order valence-corrected chi connectivity index (χ4v) is 2.86. The Hall–Kier alpha value is -2.37. The molecule has 1 aliphatic rings. The van der Waals surface area contributed by atoms with Crippen LogP contribution in [0.2, 0.25) is 0 Å². The number of amides is 1. The summed E-state index contributed by atoms with van der Waals surface area (Å²) in [7, 11) is 0. The van der Waals surface area contributed by atoms with E-state index in [4.69, 9.17) is 9.26 Å². The predicted octanol–water partition coefficient (Wildman–Crippen LogP) is 4.16. The molecule has 1 aromatic carbocycles. The topological polar surface area (TPSA) is 68.5 Å². The van der Waals surface area contributed by atoms with E-state index in [1.165, 1.54) is 5.56 Å². The Morgan fingerprint density at radius 2 is 1.84 bits per heavy atom. The molecule has 0 bridgehead atoms. The van der Waals surface area contributed by atoms with Crippen molar-refractivity contribution >= 4 is 6.09 Å². The number of hydrogen-bond acceptors (Lipinski definition) is 5. The van der Waals surface area contributed by atoms with Gasteiger partial charge >= 0.3 is 6.09 Å². The van der Waals surface area contributed by atoms with Crippen molar-refractivity contribution in [3.8, 4) is 11.5 Å². The summed E-state index contributed by atoms with van der Waals surface area (Å²) in [5.41, 5.74) is 1.65. The first kappa shape index (κ1) is 17.5. The molecule has 0 radical (unpaired) electrons. The van der Waals surface area contributed by atoms with E-state index in [9.17, 15) is 4.79 Å². The van der Waals surface area contributed by atoms with Crippen molar-refractivity contribution in [1.29, 1.82) is 0 Å². The Morgan fingerprint density at radius 1 is 1.20 bits per heavy atom. The van der Waals surface area contributed by atoms with Gasteiger partial charge in [-0.15, -0.1) is 0 Å². The summed E-state index contributed by atoms with van der Waals surface area (Å²) >= 11 is 0. The average molecular weight is 343 g/mol. The van der Waals surface area contributed by atoms with Crippen molar-refractivity contribution in [3.05, 3.63) is 35.7 Å². The molecule has 1 amide bonds. The predicted molar refractivity (Wildman–Crippen MR) is 94.3 cm³/mol. The lowest BCUT2D eigenvalue weighted by Crippen LogP contribution is -2.41. The van der Waals surface area contributed by atoms with Gasteiger partial charge in [-0.25, -0.2) is 4.79 Å². The number of carbonyl (C=O) groups is 1. The number of aryl methyl sites for hydroxylation is 1. The largest absolute Gasteiger partial charge is 0.444 e.